The average Bonchev–Trinajstić information content (AvgIpc) is 2.63. The smallest absolute Gasteiger partial charge is 0.194 e. The standard InChI is InChI=1S/C11H16N4.HI/c1-9-3-4-10(7-13-9)8-14-11-12-5-6-15(11)2;/h3-4,7H,5-6,8H2,1-2H3,(H,12,14);1H. The van der Waals surface area contributed by atoms with Crippen LogP contribution in [0.3, 0.4) is 0 Å². The highest BCUT2D eigenvalue weighted by Gasteiger charge is 2.10. The minimum atomic E-state index is 0. The normalized spacial score (nSPS) is 14.4. The molecule has 1 aromatic heterocycles. The highest BCUT2D eigenvalue weighted by molar-refractivity contribution is 14.0. The van der Waals surface area contributed by atoms with Crippen LogP contribution in [0.15, 0.2) is 23.3 Å². The van der Waals surface area contributed by atoms with E-state index in [-0.39, 0.29) is 24.0 Å². The second kappa shape index (κ2) is 6.03. The first kappa shape index (κ1) is 13.2. The molecule has 2 heterocycles. The van der Waals surface area contributed by atoms with Gasteiger partial charge in [-0.3, -0.25) is 9.98 Å². The van der Waals surface area contributed by atoms with Gasteiger partial charge in [-0.1, -0.05) is 6.07 Å². The van der Waals surface area contributed by atoms with Gasteiger partial charge in [-0.2, -0.15) is 0 Å². The summed E-state index contributed by atoms with van der Waals surface area (Å²) in [6.45, 7) is 4.68. The minimum Gasteiger partial charge on any atom is -0.352 e. The number of likely N-dealkylation sites (N-methyl/N-ethyl adjacent to an activating group) is 1. The van der Waals surface area contributed by atoms with E-state index in [1.807, 2.05) is 26.2 Å². The summed E-state index contributed by atoms with van der Waals surface area (Å²) in [6, 6.07) is 4.11. The van der Waals surface area contributed by atoms with Crippen LogP contribution in [0.5, 0.6) is 0 Å². The number of hydrogen-bond donors (Lipinski definition) is 1. The fourth-order valence-corrected chi connectivity index (χ4v) is 1.51. The number of aryl methyl sites for hydroxylation is 1. The largest absolute Gasteiger partial charge is 0.352 e. The number of nitrogens with one attached hydrogen (secondary N) is 1. The van der Waals surface area contributed by atoms with Gasteiger partial charge in [0.25, 0.3) is 0 Å². The topological polar surface area (TPSA) is 40.5 Å². The molecular formula is C11H17IN4. The number of guanidine groups is 1. The van der Waals surface area contributed by atoms with E-state index in [1.165, 1.54) is 5.56 Å². The predicted octanol–water partition coefficient (Wildman–Crippen LogP) is 1.40. The van der Waals surface area contributed by atoms with Gasteiger partial charge in [0.05, 0.1) is 6.54 Å². The van der Waals surface area contributed by atoms with Gasteiger partial charge in [0.15, 0.2) is 5.96 Å². The molecule has 1 aliphatic rings. The van der Waals surface area contributed by atoms with E-state index in [0.29, 0.717) is 0 Å². The van der Waals surface area contributed by atoms with Crippen LogP contribution < -0.4 is 5.32 Å². The summed E-state index contributed by atoms with van der Waals surface area (Å²) in [4.78, 5) is 10.7. The first-order valence-electron chi connectivity index (χ1n) is 5.17. The van der Waals surface area contributed by atoms with E-state index in [0.717, 1.165) is 31.3 Å². The second-order valence-corrected chi connectivity index (χ2v) is 3.79. The third kappa shape index (κ3) is 3.33. The van der Waals surface area contributed by atoms with Crippen LogP contribution in [0, 0.1) is 6.92 Å². The molecule has 0 bridgehead atoms. The Morgan fingerprint density at radius 1 is 1.44 bits per heavy atom. The molecule has 0 unspecified atom stereocenters. The third-order valence-electron chi connectivity index (χ3n) is 2.48. The van der Waals surface area contributed by atoms with E-state index in [4.69, 9.17) is 0 Å². The molecule has 0 spiro atoms. The van der Waals surface area contributed by atoms with E-state index in [9.17, 15) is 0 Å². The lowest BCUT2D eigenvalue weighted by atomic mass is 10.2. The van der Waals surface area contributed by atoms with E-state index >= 15 is 0 Å². The third-order valence-corrected chi connectivity index (χ3v) is 2.48. The quantitative estimate of drug-likeness (QED) is 0.833. The van der Waals surface area contributed by atoms with Crippen LogP contribution in [-0.4, -0.2) is 36.0 Å². The molecule has 0 amide bonds. The molecule has 0 saturated carbocycles. The Balaban J connectivity index is 0.00000128. The van der Waals surface area contributed by atoms with Crippen LogP contribution in [0.4, 0.5) is 0 Å². The number of aliphatic imine (C=N–C) groups is 1. The van der Waals surface area contributed by atoms with Crippen LogP contribution in [0.25, 0.3) is 0 Å². The highest BCUT2D eigenvalue weighted by atomic mass is 127. The van der Waals surface area contributed by atoms with Crippen LogP contribution in [0.2, 0.25) is 0 Å². The van der Waals surface area contributed by atoms with Crippen molar-refractivity contribution in [3.63, 3.8) is 0 Å². The maximum absolute atomic E-state index is 4.36. The molecule has 5 heteroatoms. The SMILES string of the molecule is Cc1ccc(CNC2=NCCN2C)cn1.I. The maximum atomic E-state index is 4.36. The van der Waals surface area contributed by atoms with Crippen molar-refractivity contribution in [2.24, 2.45) is 4.99 Å². The van der Waals surface area contributed by atoms with Crippen molar-refractivity contribution in [3.8, 4) is 0 Å². The van der Waals surface area contributed by atoms with Crippen LogP contribution in [0.1, 0.15) is 11.3 Å². The summed E-state index contributed by atoms with van der Waals surface area (Å²) in [5, 5.41) is 3.30. The molecule has 0 fully saturated rings. The Kier molecular flexibility index (Phi) is 4.98. The van der Waals surface area contributed by atoms with Crippen LogP contribution >= 0.6 is 24.0 Å². The van der Waals surface area contributed by atoms with Crippen molar-refractivity contribution in [1.82, 2.24) is 15.2 Å². The van der Waals surface area contributed by atoms with Gasteiger partial charge in [0.2, 0.25) is 0 Å². The van der Waals surface area contributed by atoms with Crippen molar-refractivity contribution in [2.45, 2.75) is 13.5 Å². The molecule has 0 atom stereocenters. The Hall–Kier alpha value is -0.850. The molecule has 0 aromatic carbocycles. The summed E-state index contributed by atoms with van der Waals surface area (Å²) in [5.41, 5.74) is 2.23. The molecule has 88 valence electrons. The van der Waals surface area contributed by atoms with Gasteiger partial charge in [0, 0.05) is 32.0 Å². The molecule has 1 aliphatic heterocycles. The van der Waals surface area contributed by atoms with Crippen molar-refractivity contribution in [1.29, 1.82) is 0 Å². The van der Waals surface area contributed by atoms with Crippen molar-refractivity contribution >= 4 is 29.9 Å². The van der Waals surface area contributed by atoms with Crippen molar-refractivity contribution in [2.75, 3.05) is 20.1 Å². The number of pyridine rings is 1. The molecule has 4 nitrogen and oxygen atoms in total. The van der Waals surface area contributed by atoms with Crippen molar-refractivity contribution in [3.05, 3.63) is 29.6 Å². The predicted molar refractivity (Wildman–Crippen MR) is 76.2 cm³/mol. The molecule has 0 aliphatic carbocycles. The van der Waals surface area contributed by atoms with E-state index < -0.39 is 0 Å². The molecule has 1 N–H and O–H groups in total. The number of aromatic nitrogens is 1. The second-order valence-electron chi connectivity index (χ2n) is 3.79. The van der Waals surface area contributed by atoms with Gasteiger partial charge < -0.3 is 10.2 Å². The first-order valence-corrected chi connectivity index (χ1v) is 5.17. The number of hydrogen-bond acceptors (Lipinski definition) is 4. The fourth-order valence-electron chi connectivity index (χ4n) is 1.51. The zero-order valence-corrected chi connectivity index (χ0v) is 11.9. The zero-order chi connectivity index (χ0) is 10.7. The number of rotatable bonds is 2. The highest BCUT2D eigenvalue weighted by Crippen LogP contribution is 2.00. The van der Waals surface area contributed by atoms with Crippen LogP contribution in [-0.2, 0) is 6.54 Å². The summed E-state index contributed by atoms with van der Waals surface area (Å²) in [7, 11) is 2.05. The Labute approximate surface area is 113 Å². The molecular weight excluding hydrogens is 315 g/mol. The lowest BCUT2D eigenvalue weighted by Crippen LogP contribution is -2.35. The molecule has 1 aromatic rings. The Morgan fingerprint density at radius 2 is 2.25 bits per heavy atom. The van der Waals surface area contributed by atoms with E-state index in [1.54, 1.807) is 0 Å². The molecule has 2 rings (SSSR count). The van der Waals surface area contributed by atoms with Gasteiger partial charge in [0.1, 0.15) is 0 Å². The number of nitrogens with zero attached hydrogens (tertiary/aromatic N) is 3. The summed E-state index contributed by atoms with van der Waals surface area (Å²) >= 11 is 0. The summed E-state index contributed by atoms with van der Waals surface area (Å²) < 4.78 is 0. The molecule has 0 saturated heterocycles. The lowest BCUT2D eigenvalue weighted by molar-refractivity contribution is 0.534. The lowest BCUT2D eigenvalue weighted by Gasteiger charge is -2.15. The Bertz CT molecular complexity index is 361. The minimum absolute atomic E-state index is 0. The average molecular weight is 332 g/mol. The van der Waals surface area contributed by atoms with Gasteiger partial charge in [-0.05, 0) is 18.6 Å². The fraction of sp³-hybridized carbons (Fsp3) is 0.455. The molecule has 16 heavy (non-hydrogen) atoms. The monoisotopic (exact) mass is 332 g/mol. The number of halogens is 1. The van der Waals surface area contributed by atoms with Crippen molar-refractivity contribution < 1.29 is 0 Å². The Morgan fingerprint density at radius 3 is 2.81 bits per heavy atom. The van der Waals surface area contributed by atoms with Gasteiger partial charge >= 0.3 is 0 Å². The maximum Gasteiger partial charge on any atom is 0.194 e. The van der Waals surface area contributed by atoms with E-state index in [2.05, 4.69) is 26.3 Å². The molecule has 0 radical (unpaired) electrons. The first-order chi connectivity index (χ1) is 7.25. The summed E-state index contributed by atoms with van der Waals surface area (Å²) in [6.07, 6.45) is 1.90. The van der Waals surface area contributed by atoms with Gasteiger partial charge in [-0.25, -0.2) is 0 Å². The van der Waals surface area contributed by atoms with Gasteiger partial charge in [-0.15, -0.1) is 24.0 Å². The summed E-state index contributed by atoms with van der Waals surface area (Å²) in [5.74, 6) is 0.982. The zero-order valence-electron chi connectivity index (χ0n) is 9.60.